The van der Waals surface area contributed by atoms with E-state index in [4.69, 9.17) is 0 Å². The minimum absolute atomic E-state index is 0.205. The average Bonchev–Trinajstić information content (AvgIpc) is 3.21. The lowest BCUT2D eigenvalue weighted by Crippen LogP contribution is -2.46. The average molecular weight is 436 g/mol. The Labute approximate surface area is 188 Å². The van der Waals surface area contributed by atoms with Crippen molar-refractivity contribution < 1.29 is 4.79 Å². The zero-order valence-corrected chi connectivity index (χ0v) is 19.0. The number of rotatable bonds is 7. The van der Waals surface area contributed by atoms with Gasteiger partial charge in [-0.15, -0.1) is 10.2 Å². The number of amides is 1. The van der Waals surface area contributed by atoms with E-state index in [0.717, 1.165) is 42.4 Å². The van der Waals surface area contributed by atoms with Crippen LogP contribution in [0.1, 0.15) is 45.1 Å². The second-order valence-electron chi connectivity index (χ2n) is 7.96. The molecule has 0 spiro atoms. The monoisotopic (exact) mass is 435 g/mol. The van der Waals surface area contributed by atoms with Crippen molar-refractivity contribution in [1.82, 2.24) is 24.6 Å². The summed E-state index contributed by atoms with van der Waals surface area (Å²) < 4.78 is 2.10. The maximum Gasteiger partial charge on any atom is 0.236 e. The fourth-order valence-corrected chi connectivity index (χ4v) is 5.07. The number of likely N-dealkylation sites (tertiary alicyclic amines) is 1. The van der Waals surface area contributed by atoms with Crippen molar-refractivity contribution in [1.29, 1.82) is 0 Å². The fraction of sp³-hybridized carbons (Fsp3) is 0.417. The molecule has 2 atom stereocenters. The molecule has 0 aliphatic carbocycles. The summed E-state index contributed by atoms with van der Waals surface area (Å²) in [4.78, 5) is 19.5. The van der Waals surface area contributed by atoms with Crippen LogP contribution >= 0.6 is 11.8 Å². The highest BCUT2D eigenvalue weighted by Gasteiger charge is 2.30. The van der Waals surface area contributed by atoms with Gasteiger partial charge in [0.15, 0.2) is 11.0 Å². The Morgan fingerprint density at radius 3 is 2.65 bits per heavy atom. The third kappa shape index (κ3) is 4.98. The Balaban J connectivity index is 1.60. The van der Waals surface area contributed by atoms with E-state index in [1.165, 1.54) is 23.7 Å². The Kier molecular flexibility index (Phi) is 7.02. The summed E-state index contributed by atoms with van der Waals surface area (Å²) in [5.74, 6) is 0.995. The molecule has 162 valence electrons. The highest BCUT2D eigenvalue weighted by atomic mass is 32.2. The van der Waals surface area contributed by atoms with Gasteiger partial charge in [0.05, 0.1) is 11.8 Å². The van der Waals surface area contributed by atoms with Crippen molar-refractivity contribution in [3.63, 3.8) is 0 Å². The van der Waals surface area contributed by atoms with Crippen molar-refractivity contribution in [3.05, 3.63) is 60.4 Å². The smallest absolute Gasteiger partial charge is 0.236 e. The molecule has 7 heteroatoms. The molecule has 2 unspecified atom stereocenters. The van der Waals surface area contributed by atoms with E-state index in [1.54, 1.807) is 12.4 Å². The predicted molar refractivity (Wildman–Crippen MR) is 124 cm³/mol. The number of carbonyl (C=O) groups excluding carboxylic acids is 1. The number of piperidine rings is 1. The number of hydrogen-bond donors (Lipinski definition) is 0. The summed E-state index contributed by atoms with van der Waals surface area (Å²) >= 11 is 1.50. The van der Waals surface area contributed by atoms with Gasteiger partial charge in [-0.05, 0) is 50.3 Å². The molecule has 0 N–H and O–H groups in total. The first kappa shape index (κ1) is 21.6. The number of aromatic nitrogens is 4. The summed E-state index contributed by atoms with van der Waals surface area (Å²) in [5.41, 5.74) is 2.13. The van der Waals surface area contributed by atoms with Crippen LogP contribution < -0.4 is 0 Å². The molecule has 3 aromatic rings. The fourth-order valence-electron chi connectivity index (χ4n) is 4.16. The van der Waals surface area contributed by atoms with E-state index < -0.39 is 0 Å². The molecule has 0 saturated carbocycles. The molecule has 1 aromatic carbocycles. The van der Waals surface area contributed by atoms with Gasteiger partial charge in [0, 0.05) is 30.5 Å². The third-order valence-electron chi connectivity index (χ3n) is 5.85. The molecular formula is C24H29N5OS. The highest BCUT2D eigenvalue weighted by Crippen LogP contribution is 2.30. The van der Waals surface area contributed by atoms with Crippen LogP contribution in [-0.2, 0) is 11.3 Å². The second kappa shape index (κ2) is 10.1. The molecule has 1 saturated heterocycles. The molecule has 3 heterocycles. The van der Waals surface area contributed by atoms with Gasteiger partial charge in [-0.1, -0.05) is 49.0 Å². The van der Waals surface area contributed by atoms with Crippen LogP contribution in [0.4, 0.5) is 0 Å². The molecule has 1 amide bonds. The molecule has 0 radical (unpaired) electrons. The van der Waals surface area contributed by atoms with Crippen LogP contribution in [0.2, 0.25) is 0 Å². The van der Waals surface area contributed by atoms with Crippen molar-refractivity contribution in [3.8, 4) is 11.4 Å². The van der Waals surface area contributed by atoms with Crippen LogP contribution in [0.15, 0.2) is 60.0 Å². The lowest BCUT2D eigenvalue weighted by Gasteiger charge is -2.36. The Hall–Kier alpha value is -2.67. The van der Waals surface area contributed by atoms with Gasteiger partial charge < -0.3 is 4.90 Å². The van der Waals surface area contributed by atoms with Crippen molar-refractivity contribution >= 4 is 17.7 Å². The normalized spacial score (nSPS) is 17.5. The number of pyridine rings is 1. The zero-order valence-electron chi connectivity index (χ0n) is 18.1. The number of nitrogens with zero attached hydrogens (tertiary/aromatic N) is 5. The quantitative estimate of drug-likeness (QED) is 0.505. The molecule has 1 aliphatic heterocycles. The van der Waals surface area contributed by atoms with E-state index in [1.807, 2.05) is 37.3 Å². The molecule has 31 heavy (non-hydrogen) atoms. The lowest BCUT2D eigenvalue weighted by atomic mass is 10.00. The van der Waals surface area contributed by atoms with Crippen molar-refractivity contribution in [2.45, 2.75) is 62.5 Å². The summed E-state index contributed by atoms with van der Waals surface area (Å²) in [6, 6.07) is 14.5. The molecular weight excluding hydrogens is 406 g/mol. The maximum absolute atomic E-state index is 13.3. The van der Waals surface area contributed by atoms with E-state index in [-0.39, 0.29) is 11.2 Å². The van der Waals surface area contributed by atoms with Gasteiger partial charge in [-0.25, -0.2) is 0 Å². The number of benzene rings is 1. The van der Waals surface area contributed by atoms with Crippen molar-refractivity contribution in [2.24, 2.45) is 0 Å². The number of hydrogen-bond acceptors (Lipinski definition) is 5. The molecule has 6 nitrogen and oxygen atoms in total. The van der Waals surface area contributed by atoms with Gasteiger partial charge in [0.2, 0.25) is 5.91 Å². The standard InChI is InChI=1S/C24H29N5OS/c1-3-21-11-7-8-16-28(21)23(30)18(2)31-24-27-26-22(20-12-14-25-15-13-20)29(24)17-19-9-5-4-6-10-19/h4-6,9-10,12-15,18,21H,3,7-8,11,16-17H2,1-2H3. The maximum atomic E-state index is 13.3. The molecule has 4 rings (SSSR count). The summed E-state index contributed by atoms with van der Waals surface area (Å²) in [7, 11) is 0. The van der Waals surface area contributed by atoms with Gasteiger partial charge in [0.1, 0.15) is 0 Å². The largest absolute Gasteiger partial charge is 0.339 e. The van der Waals surface area contributed by atoms with Gasteiger partial charge in [-0.3, -0.25) is 14.3 Å². The Morgan fingerprint density at radius 2 is 1.90 bits per heavy atom. The molecule has 0 bridgehead atoms. The van der Waals surface area contributed by atoms with Crippen LogP contribution in [-0.4, -0.2) is 48.4 Å². The summed E-state index contributed by atoms with van der Waals surface area (Å²) in [5, 5.41) is 9.51. The summed E-state index contributed by atoms with van der Waals surface area (Å²) in [6.45, 7) is 5.67. The van der Waals surface area contributed by atoms with Gasteiger partial charge >= 0.3 is 0 Å². The Bertz CT molecular complexity index is 992. The van der Waals surface area contributed by atoms with E-state index in [0.29, 0.717) is 12.6 Å². The second-order valence-corrected chi connectivity index (χ2v) is 9.27. The Morgan fingerprint density at radius 1 is 1.13 bits per heavy atom. The summed E-state index contributed by atoms with van der Waals surface area (Å²) in [6.07, 6.45) is 7.95. The van der Waals surface area contributed by atoms with Crippen LogP contribution in [0.25, 0.3) is 11.4 Å². The van der Waals surface area contributed by atoms with Crippen LogP contribution in [0.3, 0.4) is 0 Å². The van der Waals surface area contributed by atoms with E-state index >= 15 is 0 Å². The lowest BCUT2D eigenvalue weighted by molar-refractivity contribution is -0.134. The van der Waals surface area contributed by atoms with Crippen molar-refractivity contribution in [2.75, 3.05) is 6.54 Å². The highest BCUT2D eigenvalue weighted by molar-refractivity contribution is 8.00. The van der Waals surface area contributed by atoms with Crippen LogP contribution in [0, 0.1) is 0 Å². The first-order valence-corrected chi connectivity index (χ1v) is 11.9. The topological polar surface area (TPSA) is 63.9 Å². The van der Waals surface area contributed by atoms with E-state index in [9.17, 15) is 4.79 Å². The van der Waals surface area contributed by atoms with E-state index in [2.05, 4.69) is 43.7 Å². The first-order chi connectivity index (χ1) is 15.2. The molecule has 1 fully saturated rings. The predicted octanol–water partition coefficient (Wildman–Crippen LogP) is 4.66. The molecule has 2 aromatic heterocycles. The minimum Gasteiger partial charge on any atom is -0.339 e. The first-order valence-electron chi connectivity index (χ1n) is 11.0. The van der Waals surface area contributed by atoms with Gasteiger partial charge in [0.25, 0.3) is 0 Å². The van der Waals surface area contributed by atoms with Crippen LogP contribution in [0.5, 0.6) is 0 Å². The SMILES string of the molecule is CCC1CCCCN1C(=O)C(C)Sc1nnc(-c2ccncc2)n1Cc1ccccc1. The number of carbonyl (C=O) groups is 1. The number of thioether (sulfide) groups is 1. The van der Waals surface area contributed by atoms with Gasteiger partial charge in [-0.2, -0.15) is 0 Å². The zero-order chi connectivity index (χ0) is 21.6. The third-order valence-corrected chi connectivity index (χ3v) is 6.92. The molecule has 1 aliphatic rings. The minimum atomic E-state index is -0.212.